The number of amides is 1. The number of hydrogen-bond donors (Lipinski definition) is 1. The fraction of sp³-hybridized carbons (Fsp3) is 0.500. The molecule has 0 aliphatic heterocycles. The number of unbranched alkanes of at least 4 members (excludes halogenated alkanes) is 1. The van der Waals surface area contributed by atoms with Gasteiger partial charge in [0.25, 0.3) is 5.91 Å². The third kappa shape index (κ3) is 6.28. The number of halogens is 2. The van der Waals surface area contributed by atoms with Crippen LogP contribution >= 0.6 is 23.2 Å². The van der Waals surface area contributed by atoms with Crippen LogP contribution < -0.4 is 5.32 Å². The van der Waals surface area contributed by atoms with E-state index in [0.717, 1.165) is 25.9 Å². The van der Waals surface area contributed by atoms with Crippen molar-refractivity contribution in [3.05, 3.63) is 33.8 Å². The number of carbonyl (C=O) groups excluding carboxylic acids is 1. The molecule has 0 aliphatic rings. The van der Waals surface area contributed by atoms with Crippen molar-refractivity contribution in [1.29, 1.82) is 0 Å². The molecule has 5 heteroatoms. The highest BCUT2D eigenvalue weighted by Gasteiger charge is 2.09. The first-order valence-corrected chi connectivity index (χ1v) is 7.21. The van der Waals surface area contributed by atoms with Gasteiger partial charge < -0.3 is 10.1 Å². The summed E-state index contributed by atoms with van der Waals surface area (Å²) >= 11 is 11.7. The molecule has 19 heavy (non-hydrogen) atoms. The Kier molecular flexibility index (Phi) is 7.87. The van der Waals surface area contributed by atoms with Crippen LogP contribution in [0.1, 0.15) is 36.5 Å². The Hall–Kier alpha value is -0.770. The Balaban J connectivity index is 2.24. The van der Waals surface area contributed by atoms with Gasteiger partial charge in [-0.25, -0.2) is 0 Å². The summed E-state index contributed by atoms with van der Waals surface area (Å²) in [5.41, 5.74) is 0.443. The van der Waals surface area contributed by atoms with Crippen LogP contribution in [0.4, 0.5) is 0 Å². The van der Waals surface area contributed by atoms with E-state index in [2.05, 4.69) is 12.2 Å². The Morgan fingerprint density at radius 3 is 2.68 bits per heavy atom. The van der Waals surface area contributed by atoms with Gasteiger partial charge in [0, 0.05) is 24.8 Å². The fourth-order valence-corrected chi connectivity index (χ4v) is 1.99. The number of rotatable bonds is 8. The molecule has 1 N–H and O–H groups in total. The molecule has 1 amide bonds. The summed E-state index contributed by atoms with van der Waals surface area (Å²) in [5, 5.41) is 3.69. The van der Waals surface area contributed by atoms with Gasteiger partial charge in [0.15, 0.2) is 0 Å². The molecule has 0 radical (unpaired) electrons. The van der Waals surface area contributed by atoms with E-state index >= 15 is 0 Å². The van der Waals surface area contributed by atoms with Crippen molar-refractivity contribution < 1.29 is 9.53 Å². The van der Waals surface area contributed by atoms with E-state index in [1.807, 2.05) is 0 Å². The molecule has 0 aliphatic carbocycles. The largest absolute Gasteiger partial charge is 0.381 e. The van der Waals surface area contributed by atoms with Gasteiger partial charge >= 0.3 is 0 Å². The Labute approximate surface area is 124 Å². The molecule has 0 bridgehead atoms. The molecule has 1 aromatic rings. The van der Waals surface area contributed by atoms with Crippen molar-refractivity contribution in [1.82, 2.24) is 5.32 Å². The third-order valence-electron chi connectivity index (χ3n) is 2.57. The van der Waals surface area contributed by atoms with E-state index in [-0.39, 0.29) is 5.91 Å². The summed E-state index contributed by atoms with van der Waals surface area (Å²) in [4.78, 5) is 11.8. The second kappa shape index (κ2) is 9.18. The van der Waals surface area contributed by atoms with E-state index in [9.17, 15) is 4.79 Å². The van der Waals surface area contributed by atoms with Gasteiger partial charge in [0.05, 0.1) is 10.6 Å². The Morgan fingerprint density at radius 2 is 2.00 bits per heavy atom. The molecular formula is C14H19Cl2NO2. The average molecular weight is 304 g/mol. The first-order valence-electron chi connectivity index (χ1n) is 6.46. The van der Waals surface area contributed by atoms with E-state index in [1.165, 1.54) is 0 Å². The van der Waals surface area contributed by atoms with Crippen molar-refractivity contribution in [2.75, 3.05) is 19.8 Å². The molecule has 1 rings (SSSR count). The molecular weight excluding hydrogens is 285 g/mol. The zero-order chi connectivity index (χ0) is 14.1. The van der Waals surface area contributed by atoms with Crippen molar-refractivity contribution in [2.45, 2.75) is 26.2 Å². The topological polar surface area (TPSA) is 38.3 Å². The molecule has 0 spiro atoms. The molecule has 0 fully saturated rings. The molecule has 3 nitrogen and oxygen atoms in total. The number of benzene rings is 1. The standard InChI is InChI=1S/C14H19Cl2NO2/c1-2-3-8-19-9-4-7-17-14(18)12-6-5-11(15)10-13(12)16/h5-6,10H,2-4,7-9H2,1H3,(H,17,18). The second-order valence-corrected chi connectivity index (χ2v) is 5.04. The zero-order valence-electron chi connectivity index (χ0n) is 11.0. The molecule has 1 aromatic carbocycles. The van der Waals surface area contributed by atoms with Crippen LogP contribution in [0.3, 0.4) is 0 Å². The normalized spacial score (nSPS) is 10.5. The van der Waals surface area contributed by atoms with Gasteiger partial charge in [-0.3, -0.25) is 4.79 Å². The molecule has 0 aromatic heterocycles. The Morgan fingerprint density at radius 1 is 1.26 bits per heavy atom. The minimum Gasteiger partial charge on any atom is -0.381 e. The highest BCUT2D eigenvalue weighted by Crippen LogP contribution is 2.20. The van der Waals surface area contributed by atoms with Gasteiger partial charge in [-0.2, -0.15) is 0 Å². The van der Waals surface area contributed by atoms with Gasteiger partial charge in [-0.1, -0.05) is 36.5 Å². The van der Waals surface area contributed by atoms with Crippen molar-refractivity contribution in [3.63, 3.8) is 0 Å². The van der Waals surface area contributed by atoms with E-state index < -0.39 is 0 Å². The molecule has 106 valence electrons. The molecule has 0 heterocycles. The summed E-state index contributed by atoms with van der Waals surface area (Å²) in [6, 6.07) is 4.83. The van der Waals surface area contributed by atoms with Crippen LogP contribution in [-0.2, 0) is 4.74 Å². The van der Waals surface area contributed by atoms with Crippen molar-refractivity contribution in [2.24, 2.45) is 0 Å². The number of ether oxygens (including phenoxy) is 1. The molecule has 0 saturated carbocycles. The average Bonchev–Trinajstić information content (AvgIpc) is 2.37. The lowest BCUT2D eigenvalue weighted by atomic mass is 10.2. The maximum atomic E-state index is 11.8. The number of carbonyl (C=O) groups is 1. The van der Waals surface area contributed by atoms with Crippen LogP contribution in [0.2, 0.25) is 10.0 Å². The Bertz CT molecular complexity index is 410. The smallest absolute Gasteiger partial charge is 0.252 e. The van der Waals surface area contributed by atoms with Crippen LogP contribution in [0.15, 0.2) is 18.2 Å². The summed E-state index contributed by atoms with van der Waals surface area (Å²) < 4.78 is 5.41. The summed E-state index contributed by atoms with van der Waals surface area (Å²) in [5.74, 6) is -0.185. The predicted molar refractivity (Wildman–Crippen MR) is 79.1 cm³/mol. The van der Waals surface area contributed by atoms with Crippen molar-refractivity contribution in [3.8, 4) is 0 Å². The molecule has 0 atom stereocenters. The van der Waals surface area contributed by atoms with Gasteiger partial charge in [-0.05, 0) is 31.0 Å². The lowest BCUT2D eigenvalue weighted by Gasteiger charge is -2.07. The lowest BCUT2D eigenvalue weighted by molar-refractivity contribution is 0.0940. The number of hydrogen-bond acceptors (Lipinski definition) is 2. The van der Waals surface area contributed by atoms with E-state index in [0.29, 0.717) is 28.8 Å². The van der Waals surface area contributed by atoms with Crippen LogP contribution in [0, 0.1) is 0 Å². The van der Waals surface area contributed by atoms with Gasteiger partial charge in [-0.15, -0.1) is 0 Å². The quantitative estimate of drug-likeness (QED) is 0.739. The highest BCUT2D eigenvalue weighted by molar-refractivity contribution is 6.36. The van der Waals surface area contributed by atoms with Crippen LogP contribution in [-0.4, -0.2) is 25.7 Å². The first kappa shape index (κ1) is 16.3. The summed E-state index contributed by atoms with van der Waals surface area (Å²) in [6.07, 6.45) is 3.00. The lowest BCUT2D eigenvalue weighted by Crippen LogP contribution is -2.25. The third-order valence-corrected chi connectivity index (χ3v) is 3.12. The van der Waals surface area contributed by atoms with Crippen LogP contribution in [0.5, 0.6) is 0 Å². The van der Waals surface area contributed by atoms with Crippen molar-refractivity contribution >= 4 is 29.1 Å². The first-order chi connectivity index (χ1) is 9.15. The van der Waals surface area contributed by atoms with Crippen LogP contribution in [0.25, 0.3) is 0 Å². The maximum absolute atomic E-state index is 11.8. The minimum absolute atomic E-state index is 0.185. The van der Waals surface area contributed by atoms with E-state index in [4.69, 9.17) is 27.9 Å². The highest BCUT2D eigenvalue weighted by atomic mass is 35.5. The summed E-state index contributed by atoms with van der Waals surface area (Å²) in [7, 11) is 0. The van der Waals surface area contributed by atoms with E-state index in [1.54, 1.807) is 18.2 Å². The minimum atomic E-state index is -0.185. The molecule has 0 unspecified atom stereocenters. The SMILES string of the molecule is CCCCOCCCNC(=O)c1ccc(Cl)cc1Cl. The zero-order valence-corrected chi connectivity index (χ0v) is 12.6. The number of nitrogens with one attached hydrogen (secondary N) is 1. The predicted octanol–water partition coefficient (Wildman–Crippen LogP) is 3.93. The second-order valence-electron chi connectivity index (χ2n) is 4.20. The van der Waals surface area contributed by atoms with Gasteiger partial charge in [0.2, 0.25) is 0 Å². The van der Waals surface area contributed by atoms with Gasteiger partial charge in [0.1, 0.15) is 0 Å². The monoisotopic (exact) mass is 303 g/mol. The fourth-order valence-electron chi connectivity index (χ4n) is 1.49. The maximum Gasteiger partial charge on any atom is 0.252 e. The summed E-state index contributed by atoms with van der Waals surface area (Å²) in [6.45, 7) is 4.14. The molecule has 0 saturated heterocycles.